The number of fused-ring (bicyclic) bond motifs is 1. The summed E-state index contributed by atoms with van der Waals surface area (Å²) in [6.45, 7) is 1.29. The van der Waals surface area contributed by atoms with Gasteiger partial charge in [-0.3, -0.25) is 0 Å². The molecule has 3 rings (SSSR count). The Kier molecular flexibility index (Phi) is 6.07. The largest absolute Gasteiger partial charge is 0.396 e. The number of aryl methyl sites for hydroxylation is 1. The van der Waals surface area contributed by atoms with E-state index in [1.54, 1.807) is 0 Å². The van der Waals surface area contributed by atoms with Crippen LogP contribution in [0.1, 0.15) is 35.6 Å². The first kappa shape index (κ1) is 17.5. The number of benzene rings is 2. The van der Waals surface area contributed by atoms with Gasteiger partial charge < -0.3 is 15.3 Å². The molecular formula is C21H26N2O2. The van der Waals surface area contributed by atoms with Gasteiger partial charge >= 0.3 is 6.03 Å². The highest BCUT2D eigenvalue weighted by Crippen LogP contribution is 2.35. The smallest absolute Gasteiger partial charge is 0.317 e. The van der Waals surface area contributed by atoms with Gasteiger partial charge in [0.2, 0.25) is 0 Å². The molecule has 1 aliphatic carbocycles. The van der Waals surface area contributed by atoms with E-state index in [-0.39, 0.29) is 18.7 Å². The van der Waals surface area contributed by atoms with Crippen LogP contribution in [0.25, 0.3) is 0 Å². The maximum Gasteiger partial charge on any atom is 0.317 e. The lowest BCUT2D eigenvalue weighted by atomic mass is 10.1. The molecule has 2 amide bonds. The second-order valence-electron chi connectivity index (χ2n) is 6.49. The third-order valence-corrected chi connectivity index (χ3v) is 4.83. The quantitative estimate of drug-likeness (QED) is 0.814. The van der Waals surface area contributed by atoms with Crippen LogP contribution in [0.15, 0.2) is 54.6 Å². The topological polar surface area (TPSA) is 52.6 Å². The van der Waals surface area contributed by atoms with Gasteiger partial charge in [0.05, 0.1) is 6.04 Å². The number of nitrogens with zero attached hydrogens (tertiary/aromatic N) is 1. The molecule has 2 aromatic carbocycles. The molecule has 4 heteroatoms. The van der Waals surface area contributed by atoms with Crippen molar-refractivity contribution in [2.24, 2.45) is 0 Å². The number of amides is 2. The zero-order valence-corrected chi connectivity index (χ0v) is 14.5. The molecular weight excluding hydrogens is 312 g/mol. The van der Waals surface area contributed by atoms with E-state index in [1.807, 2.05) is 29.2 Å². The van der Waals surface area contributed by atoms with Crippen LogP contribution >= 0.6 is 0 Å². The van der Waals surface area contributed by atoms with Crippen molar-refractivity contribution in [3.63, 3.8) is 0 Å². The highest BCUT2D eigenvalue weighted by molar-refractivity contribution is 5.75. The average molecular weight is 338 g/mol. The van der Waals surface area contributed by atoms with Crippen LogP contribution in [0.5, 0.6) is 0 Å². The Hall–Kier alpha value is -2.33. The molecule has 132 valence electrons. The van der Waals surface area contributed by atoms with Crippen LogP contribution in [0, 0.1) is 0 Å². The van der Waals surface area contributed by atoms with E-state index in [0.29, 0.717) is 19.5 Å². The molecule has 4 nitrogen and oxygen atoms in total. The summed E-state index contributed by atoms with van der Waals surface area (Å²) < 4.78 is 0. The highest BCUT2D eigenvalue weighted by Gasteiger charge is 2.30. The van der Waals surface area contributed by atoms with E-state index in [0.717, 1.165) is 19.3 Å². The number of carbonyl (C=O) groups is 1. The zero-order valence-electron chi connectivity index (χ0n) is 14.5. The van der Waals surface area contributed by atoms with E-state index < -0.39 is 0 Å². The van der Waals surface area contributed by atoms with Crippen molar-refractivity contribution in [1.29, 1.82) is 0 Å². The fourth-order valence-electron chi connectivity index (χ4n) is 3.56. The Balaban J connectivity index is 1.63. The lowest BCUT2D eigenvalue weighted by Crippen LogP contribution is -2.43. The van der Waals surface area contributed by atoms with Crippen molar-refractivity contribution in [3.05, 3.63) is 71.3 Å². The summed E-state index contributed by atoms with van der Waals surface area (Å²) >= 11 is 0. The van der Waals surface area contributed by atoms with Crippen LogP contribution < -0.4 is 5.32 Å². The summed E-state index contributed by atoms with van der Waals surface area (Å²) in [6.07, 6.45) is 3.39. The SMILES string of the molecule is O=C(NCCc1ccccc1)N(CCCO)C1CCc2ccccc21. The lowest BCUT2D eigenvalue weighted by molar-refractivity contribution is 0.165. The third kappa shape index (κ3) is 4.40. The number of nitrogens with one attached hydrogen (secondary N) is 1. The van der Waals surface area contributed by atoms with Gasteiger partial charge in [0.15, 0.2) is 0 Å². The molecule has 0 heterocycles. The Morgan fingerprint density at radius 2 is 1.88 bits per heavy atom. The Morgan fingerprint density at radius 3 is 2.68 bits per heavy atom. The van der Waals surface area contributed by atoms with Crippen molar-refractivity contribution >= 4 is 6.03 Å². The van der Waals surface area contributed by atoms with E-state index in [2.05, 4.69) is 35.6 Å². The van der Waals surface area contributed by atoms with Gasteiger partial charge in [-0.1, -0.05) is 54.6 Å². The number of urea groups is 1. The molecule has 25 heavy (non-hydrogen) atoms. The number of hydrogen-bond donors (Lipinski definition) is 2. The van der Waals surface area contributed by atoms with Crippen LogP contribution in [0.3, 0.4) is 0 Å². The minimum atomic E-state index is -0.0360. The normalized spacial score (nSPS) is 15.6. The monoisotopic (exact) mass is 338 g/mol. The number of aliphatic hydroxyl groups excluding tert-OH is 1. The van der Waals surface area contributed by atoms with Crippen molar-refractivity contribution < 1.29 is 9.90 Å². The summed E-state index contributed by atoms with van der Waals surface area (Å²) in [4.78, 5) is 14.7. The standard InChI is InChI=1S/C21H26N2O2/c24-16-6-15-23(20-12-11-18-9-4-5-10-19(18)20)21(25)22-14-13-17-7-2-1-3-8-17/h1-5,7-10,20,24H,6,11-16H2,(H,22,25). The van der Waals surface area contributed by atoms with Crippen LogP contribution in [0.4, 0.5) is 4.79 Å². The van der Waals surface area contributed by atoms with Gasteiger partial charge in [-0.05, 0) is 42.4 Å². The Morgan fingerprint density at radius 1 is 1.12 bits per heavy atom. The minimum absolute atomic E-state index is 0.0360. The van der Waals surface area contributed by atoms with Gasteiger partial charge in [-0.25, -0.2) is 4.79 Å². The fraction of sp³-hybridized carbons (Fsp3) is 0.381. The van der Waals surface area contributed by atoms with E-state index >= 15 is 0 Å². The summed E-state index contributed by atoms with van der Waals surface area (Å²) in [5.74, 6) is 0. The first-order chi connectivity index (χ1) is 12.3. The molecule has 0 aliphatic heterocycles. The predicted octanol–water partition coefficient (Wildman–Crippen LogP) is 3.31. The summed E-state index contributed by atoms with van der Waals surface area (Å²) in [5, 5.41) is 12.3. The van der Waals surface area contributed by atoms with Crippen LogP contribution in [-0.2, 0) is 12.8 Å². The molecule has 2 N–H and O–H groups in total. The first-order valence-corrected chi connectivity index (χ1v) is 9.06. The van der Waals surface area contributed by atoms with Crippen molar-refractivity contribution in [2.45, 2.75) is 31.7 Å². The second kappa shape index (κ2) is 8.67. The molecule has 0 aromatic heterocycles. The van der Waals surface area contributed by atoms with Gasteiger partial charge in [-0.2, -0.15) is 0 Å². The molecule has 0 fully saturated rings. The predicted molar refractivity (Wildman–Crippen MR) is 99.5 cm³/mol. The molecule has 0 saturated heterocycles. The highest BCUT2D eigenvalue weighted by atomic mass is 16.3. The van der Waals surface area contributed by atoms with Crippen molar-refractivity contribution in [2.75, 3.05) is 19.7 Å². The number of carbonyl (C=O) groups excluding carboxylic acids is 1. The summed E-state index contributed by atoms with van der Waals surface area (Å²) in [7, 11) is 0. The van der Waals surface area contributed by atoms with Gasteiger partial charge in [0.1, 0.15) is 0 Å². The number of rotatable bonds is 7. The third-order valence-electron chi connectivity index (χ3n) is 4.83. The van der Waals surface area contributed by atoms with Gasteiger partial charge in [0, 0.05) is 19.7 Å². The molecule has 0 spiro atoms. The van der Waals surface area contributed by atoms with Crippen molar-refractivity contribution in [1.82, 2.24) is 10.2 Å². The summed E-state index contributed by atoms with van der Waals surface area (Å²) in [5.41, 5.74) is 3.80. The lowest BCUT2D eigenvalue weighted by Gasteiger charge is -2.30. The Labute approximate surface area is 149 Å². The van der Waals surface area contributed by atoms with E-state index in [9.17, 15) is 9.90 Å². The van der Waals surface area contributed by atoms with Gasteiger partial charge in [0.25, 0.3) is 0 Å². The first-order valence-electron chi connectivity index (χ1n) is 9.06. The maximum absolute atomic E-state index is 12.8. The molecule has 1 aliphatic rings. The molecule has 2 aromatic rings. The molecule has 1 unspecified atom stereocenters. The van der Waals surface area contributed by atoms with Crippen LogP contribution in [-0.4, -0.2) is 35.7 Å². The minimum Gasteiger partial charge on any atom is -0.396 e. The summed E-state index contributed by atoms with van der Waals surface area (Å²) in [6, 6.07) is 18.6. The number of hydrogen-bond acceptors (Lipinski definition) is 2. The van der Waals surface area contributed by atoms with Crippen molar-refractivity contribution in [3.8, 4) is 0 Å². The molecule has 0 bridgehead atoms. The average Bonchev–Trinajstić information content (AvgIpc) is 3.07. The molecule has 1 atom stereocenters. The maximum atomic E-state index is 12.8. The Bertz CT molecular complexity index is 687. The number of aliphatic hydroxyl groups is 1. The van der Waals surface area contributed by atoms with E-state index in [4.69, 9.17) is 0 Å². The van der Waals surface area contributed by atoms with Crippen LogP contribution in [0.2, 0.25) is 0 Å². The van der Waals surface area contributed by atoms with E-state index in [1.165, 1.54) is 16.7 Å². The molecule has 0 saturated carbocycles. The fourth-order valence-corrected chi connectivity index (χ4v) is 3.56. The second-order valence-corrected chi connectivity index (χ2v) is 6.49. The molecule has 0 radical (unpaired) electrons. The zero-order chi connectivity index (χ0) is 17.5. The van der Waals surface area contributed by atoms with Gasteiger partial charge in [-0.15, -0.1) is 0 Å².